The first-order chi connectivity index (χ1) is 18.4. The summed E-state index contributed by atoms with van der Waals surface area (Å²) in [4.78, 5) is 33.2. The summed E-state index contributed by atoms with van der Waals surface area (Å²) in [5.74, 6) is -0.948. The molecular weight excluding hydrogens is 496 g/mol. The molecule has 0 spiro atoms. The minimum Gasteiger partial charge on any atom is -0.503 e. The van der Waals surface area contributed by atoms with Crippen molar-refractivity contribution in [3.8, 4) is 5.75 Å². The molecule has 0 bridgehead atoms. The summed E-state index contributed by atoms with van der Waals surface area (Å²) >= 11 is 1.37. The largest absolute Gasteiger partial charge is 0.503 e. The summed E-state index contributed by atoms with van der Waals surface area (Å²) in [7, 11) is 0. The number of allylic oxidation sites excluding steroid dienone is 1. The van der Waals surface area contributed by atoms with E-state index in [1.165, 1.54) is 22.3 Å². The molecule has 3 aromatic carbocycles. The Morgan fingerprint density at radius 1 is 1.11 bits per heavy atom. The molecule has 1 N–H and O–H groups in total. The van der Waals surface area contributed by atoms with Crippen molar-refractivity contribution in [2.75, 3.05) is 11.5 Å². The number of aromatic nitrogens is 1. The molecule has 192 valence electrons. The zero-order valence-electron chi connectivity index (χ0n) is 21.5. The van der Waals surface area contributed by atoms with Gasteiger partial charge in [-0.15, -0.1) is 0 Å². The number of ether oxygens (including phenoxy) is 1. The number of hydrogen-bond donors (Lipinski definition) is 1. The van der Waals surface area contributed by atoms with E-state index in [1.807, 2.05) is 87.5 Å². The van der Waals surface area contributed by atoms with Crippen molar-refractivity contribution >= 4 is 44.5 Å². The number of hydrogen-bond acceptors (Lipinski definition) is 6. The number of aryl methyl sites for hydroxylation is 2. The van der Waals surface area contributed by atoms with Crippen molar-refractivity contribution in [1.29, 1.82) is 0 Å². The SMILES string of the molecule is CCCOc1ccc(C2C(C(=O)/C=C/c3ccccc3)=C(O)C(=O)N2c2nc3c(C)cc(C)cc3s2)cc1. The third-order valence-corrected chi connectivity index (χ3v) is 7.40. The monoisotopic (exact) mass is 524 g/mol. The van der Waals surface area contributed by atoms with Crippen LogP contribution in [0.2, 0.25) is 0 Å². The molecule has 0 saturated heterocycles. The lowest BCUT2D eigenvalue weighted by molar-refractivity contribution is -0.117. The number of carbonyl (C=O) groups is 2. The lowest BCUT2D eigenvalue weighted by atomic mass is 9.95. The second-order valence-corrected chi connectivity index (χ2v) is 10.3. The number of aliphatic hydroxyl groups excluding tert-OH is 1. The number of thiazole rings is 1. The summed E-state index contributed by atoms with van der Waals surface area (Å²) in [5, 5.41) is 11.4. The number of fused-ring (bicyclic) bond motifs is 1. The van der Waals surface area contributed by atoms with Crippen molar-refractivity contribution in [1.82, 2.24) is 4.98 Å². The molecule has 0 aliphatic carbocycles. The van der Waals surface area contributed by atoms with Crippen molar-refractivity contribution in [3.63, 3.8) is 0 Å². The third-order valence-electron chi connectivity index (χ3n) is 6.39. The fraction of sp³-hybridized carbons (Fsp3) is 0.194. The Labute approximate surface area is 225 Å². The minimum atomic E-state index is -0.836. The van der Waals surface area contributed by atoms with Crippen molar-refractivity contribution < 1.29 is 19.4 Å². The lowest BCUT2D eigenvalue weighted by Gasteiger charge is -2.24. The van der Waals surface area contributed by atoms with Gasteiger partial charge < -0.3 is 9.84 Å². The van der Waals surface area contributed by atoms with E-state index in [9.17, 15) is 14.7 Å². The number of ketones is 1. The number of carbonyl (C=O) groups excluding carboxylic acids is 2. The highest BCUT2D eigenvalue weighted by atomic mass is 32.1. The first-order valence-electron chi connectivity index (χ1n) is 12.5. The van der Waals surface area contributed by atoms with Gasteiger partial charge in [0.1, 0.15) is 5.75 Å². The fourth-order valence-electron chi connectivity index (χ4n) is 4.62. The van der Waals surface area contributed by atoms with Gasteiger partial charge in [0.25, 0.3) is 5.91 Å². The van der Waals surface area contributed by atoms with Crippen LogP contribution in [0, 0.1) is 13.8 Å². The van der Waals surface area contributed by atoms with Gasteiger partial charge in [-0.25, -0.2) is 4.98 Å². The number of nitrogens with zero attached hydrogens (tertiary/aromatic N) is 2. The van der Waals surface area contributed by atoms with Crippen LogP contribution in [0.15, 0.2) is 84.1 Å². The molecule has 0 saturated carbocycles. The molecule has 1 amide bonds. The highest BCUT2D eigenvalue weighted by Crippen LogP contribution is 2.44. The molecule has 6 nitrogen and oxygen atoms in total. The highest BCUT2D eigenvalue weighted by molar-refractivity contribution is 7.22. The maximum atomic E-state index is 13.5. The maximum Gasteiger partial charge on any atom is 0.296 e. The van der Waals surface area contributed by atoms with Crippen LogP contribution in [0.3, 0.4) is 0 Å². The molecule has 1 unspecified atom stereocenters. The Bertz CT molecular complexity index is 1570. The molecule has 7 heteroatoms. The number of benzene rings is 3. The van der Waals surface area contributed by atoms with E-state index in [0.29, 0.717) is 23.1 Å². The van der Waals surface area contributed by atoms with Gasteiger partial charge in [0.15, 0.2) is 16.7 Å². The molecule has 1 aliphatic rings. The smallest absolute Gasteiger partial charge is 0.296 e. The molecule has 4 aromatic rings. The Balaban J connectivity index is 1.59. The predicted molar refractivity (Wildman–Crippen MR) is 152 cm³/mol. The van der Waals surface area contributed by atoms with Gasteiger partial charge in [0, 0.05) is 0 Å². The molecule has 5 rings (SSSR count). The van der Waals surface area contributed by atoms with E-state index in [-0.39, 0.29) is 5.57 Å². The normalized spacial score (nSPS) is 15.7. The first kappa shape index (κ1) is 25.4. The van der Waals surface area contributed by atoms with Gasteiger partial charge in [0.05, 0.1) is 28.4 Å². The van der Waals surface area contributed by atoms with E-state index in [4.69, 9.17) is 9.72 Å². The van der Waals surface area contributed by atoms with E-state index in [1.54, 1.807) is 6.08 Å². The molecule has 0 radical (unpaired) electrons. The van der Waals surface area contributed by atoms with Gasteiger partial charge in [-0.1, -0.05) is 72.9 Å². The Kier molecular flexibility index (Phi) is 7.11. The van der Waals surface area contributed by atoms with E-state index in [2.05, 4.69) is 0 Å². The van der Waals surface area contributed by atoms with Gasteiger partial charge in [-0.05, 0) is 66.8 Å². The molecular formula is C31H28N2O4S. The van der Waals surface area contributed by atoms with Gasteiger partial charge in [-0.2, -0.15) is 0 Å². The van der Waals surface area contributed by atoms with Crippen LogP contribution in [0.5, 0.6) is 5.75 Å². The van der Waals surface area contributed by atoms with Crippen LogP contribution in [-0.4, -0.2) is 28.4 Å². The van der Waals surface area contributed by atoms with Crippen LogP contribution in [0.1, 0.15) is 41.6 Å². The maximum absolute atomic E-state index is 13.5. The van der Waals surface area contributed by atoms with Gasteiger partial charge in [0.2, 0.25) is 0 Å². The average Bonchev–Trinajstić information content (AvgIpc) is 3.45. The topological polar surface area (TPSA) is 79.7 Å². The van der Waals surface area contributed by atoms with Gasteiger partial charge in [-0.3, -0.25) is 14.5 Å². The van der Waals surface area contributed by atoms with E-state index < -0.39 is 23.5 Å². The fourth-order valence-corrected chi connectivity index (χ4v) is 5.79. The second-order valence-electron chi connectivity index (χ2n) is 9.29. The average molecular weight is 525 g/mol. The third kappa shape index (κ3) is 4.85. The zero-order valence-corrected chi connectivity index (χ0v) is 22.3. The Morgan fingerprint density at radius 2 is 1.84 bits per heavy atom. The second kappa shape index (κ2) is 10.6. The molecule has 1 aromatic heterocycles. The summed E-state index contributed by atoms with van der Waals surface area (Å²) in [5.41, 5.74) is 4.44. The molecule has 38 heavy (non-hydrogen) atoms. The Morgan fingerprint density at radius 3 is 2.55 bits per heavy atom. The van der Waals surface area contributed by atoms with Gasteiger partial charge >= 0.3 is 0 Å². The van der Waals surface area contributed by atoms with Crippen LogP contribution in [0.25, 0.3) is 16.3 Å². The van der Waals surface area contributed by atoms with Crippen molar-refractivity contribution in [3.05, 3.63) is 106 Å². The van der Waals surface area contributed by atoms with Crippen LogP contribution >= 0.6 is 11.3 Å². The van der Waals surface area contributed by atoms with Crippen LogP contribution < -0.4 is 9.64 Å². The predicted octanol–water partition coefficient (Wildman–Crippen LogP) is 6.88. The number of anilines is 1. The first-order valence-corrected chi connectivity index (χ1v) is 13.3. The number of aliphatic hydroxyl groups is 1. The van der Waals surface area contributed by atoms with Crippen molar-refractivity contribution in [2.45, 2.75) is 33.2 Å². The van der Waals surface area contributed by atoms with E-state index in [0.717, 1.165) is 33.3 Å². The molecule has 0 fully saturated rings. The standard InChI is InChI=1S/C31H28N2O4S/c1-4-16-37-23-13-11-22(12-14-23)28-26(24(34)15-10-21-8-6-5-7-9-21)29(35)30(36)33(28)31-32-27-20(3)17-19(2)18-25(27)38-31/h5-15,17-18,28,35H,4,16H2,1-3H3/b15-10+. The number of amides is 1. The number of rotatable bonds is 8. The van der Waals surface area contributed by atoms with Crippen molar-refractivity contribution in [2.24, 2.45) is 0 Å². The van der Waals surface area contributed by atoms with E-state index >= 15 is 0 Å². The highest BCUT2D eigenvalue weighted by Gasteiger charge is 2.45. The summed E-state index contributed by atoms with van der Waals surface area (Å²) < 4.78 is 6.66. The zero-order chi connectivity index (χ0) is 26.8. The van der Waals surface area contributed by atoms with Crippen LogP contribution in [0.4, 0.5) is 5.13 Å². The molecule has 2 heterocycles. The quantitative estimate of drug-likeness (QED) is 0.254. The molecule has 1 atom stereocenters. The lowest BCUT2D eigenvalue weighted by Crippen LogP contribution is -2.30. The Hall–Kier alpha value is -4.23. The van der Waals surface area contributed by atoms with Crippen LogP contribution in [-0.2, 0) is 9.59 Å². The minimum absolute atomic E-state index is 0.0246. The summed E-state index contributed by atoms with van der Waals surface area (Å²) in [6, 6.07) is 19.9. The summed E-state index contributed by atoms with van der Waals surface area (Å²) in [6.45, 7) is 6.62. The summed E-state index contributed by atoms with van der Waals surface area (Å²) in [6.07, 6.45) is 3.96. The molecule has 1 aliphatic heterocycles.